The molecule has 0 aromatic carbocycles. The highest BCUT2D eigenvalue weighted by molar-refractivity contribution is 5.96. The van der Waals surface area contributed by atoms with Gasteiger partial charge in [0.25, 0.3) is 5.91 Å². The number of ether oxygens (including phenoxy) is 1. The number of methoxy groups -OCH3 is 1. The zero-order chi connectivity index (χ0) is 21.3. The Kier molecular flexibility index (Phi) is 5.76. The van der Waals surface area contributed by atoms with E-state index in [4.69, 9.17) is 4.74 Å². The van der Waals surface area contributed by atoms with E-state index in [1.54, 1.807) is 17.9 Å². The Morgan fingerprint density at radius 1 is 0.933 bits per heavy atom. The molecule has 10 nitrogen and oxygen atoms in total. The number of carbonyl (C=O) groups is 1. The summed E-state index contributed by atoms with van der Waals surface area (Å²) in [7, 11) is 5.47. The van der Waals surface area contributed by atoms with E-state index < -0.39 is 0 Å². The molecule has 2 fully saturated rings. The van der Waals surface area contributed by atoms with Crippen molar-refractivity contribution in [2.24, 2.45) is 7.05 Å². The van der Waals surface area contributed by atoms with Crippen molar-refractivity contribution in [3.8, 4) is 5.88 Å². The molecule has 0 saturated carbocycles. The van der Waals surface area contributed by atoms with E-state index in [1.165, 1.54) is 7.11 Å². The van der Waals surface area contributed by atoms with Crippen LogP contribution in [0.3, 0.4) is 0 Å². The number of hydrogen-bond donors (Lipinski definition) is 0. The van der Waals surface area contributed by atoms with Crippen LogP contribution in [0.2, 0.25) is 0 Å². The SMILES string of the molecule is COc1nn(C)cc1C(=O)N1CCN(c2cc(N3CCN(C)CC3)nc(C)n2)CC1. The third-order valence-corrected chi connectivity index (χ3v) is 5.75. The molecule has 4 rings (SSSR count). The fourth-order valence-electron chi connectivity index (χ4n) is 3.97. The van der Waals surface area contributed by atoms with Gasteiger partial charge in [-0.25, -0.2) is 9.97 Å². The molecule has 0 bridgehead atoms. The fourth-order valence-corrected chi connectivity index (χ4v) is 3.97. The van der Waals surface area contributed by atoms with Crippen LogP contribution in [0.25, 0.3) is 0 Å². The van der Waals surface area contributed by atoms with Crippen LogP contribution in [-0.2, 0) is 7.05 Å². The molecule has 30 heavy (non-hydrogen) atoms. The third kappa shape index (κ3) is 4.18. The first-order chi connectivity index (χ1) is 14.4. The summed E-state index contributed by atoms with van der Waals surface area (Å²) in [5.41, 5.74) is 0.503. The molecule has 162 valence electrons. The molecule has 1 amide bonds. The number of piperazine rings is 2. The fraction of sp³-hybridized carbons (Fsp3) is 0.600. The maximum Gasteiger partial charge on any atom is 0.261 e. The first kappa shape index (κ1) is 20.4. The van der Waals surface area contributed by atoms with Crippen molar-refractivity contribution in [3.63, 3.8) is 0 Å². The molecule has 2 aromatic rings. The van der Waals surface area contributed by atoms with Crippen molar-refractivity contribution in [3.05, 3.63) is 23.7 Å². The number of rotatable bonds is 4. The number of hydrogen-bond acceptors (Lipinski definition) is 8. The first-order valence-electron chi connectivity index (χ1n) is 10.4. The predicted molar refractivity (Wildman–Crippen MR) is 114 cm³/mol. The summed E-state index contributed by atoms with van der Waals surface area (Å²) in [5.74, 6) is 3.02. The van der Waals surface area contributed by atoms with Crippen LogP contribution in [0.4, 0.5) is 11.6 Å². The van der Waals surface area contributed by atoms with Gasteiger partial charge in [-0.05, 0) is 14.0 Å². The summed E-state index contributed by atoms with van der Waals surface area (Å²) in [6.07, 6.45) is 1.71. The Balaban J connectivity index is 1.43. The van der Waals surface area contributed by atoms with E-state index in [2.05, 4.69) is 42.9 Å². The molecule has 2 aliphatic rings. The van der Waals surface area contributed by atoms with Gasteiger partial charge in [-0.15, -0.1) is 5.10 Å². The van der Waals surface area contributed by atoms with Gasteiger partial charge < -0.3 is 24.3 Å². The molecule has 0 radical (unpaired) electrons. The minimum Gasteiger partial charge on any atom is -0.479 e. The quantitative estimate of drug-likeness (QED) is 0.704. The molecule has 0 atom stereocenters. The number of aromatic nitrogens is 4. The van der Waals surface area contributed by atoms with E-state index in [1.807, 2.05) is 11.8 Å². The van der Waals surface area contributed by atoms with E-state index in [0.717, 1.165) is 56.7 Å². The lowest BCUT2D eigenvalue weighted by atomic mass is 10.2. The van der Waals surface area contributed by atoms with Crippen molar-refractivity contribution in [2.75, 3.05) is 76.3 Å². The number of anilines is 2. The third-order valence-electron chi connectivity index (χ3n) is 5.75. The van der Waals surface area contributed by atoms with Crippen LogP contribution in [-0.4, -0.2) is 102 Å². The summed E-state index contributed by atoms with van der Waals surface area (Å²) in [6, 6.07) is 2.08. The molecular formula is C20H30N8O2. The van der Waals surface area contributed by atoms with Crippen LogP contribution < -0.4 is 14.5 Å². The summed E-state index contributed by atoms with van der Waals surface area (Å²) in [6.45, 7) is 8.68. The lowest BCUT2D eigenvalue weighted by Gasteiger charge is -2.36. The lowest BCUT2D eigenvalue weighted by molar-refractivity contribution is 0.0743. The van der Waals surface area contributed by atoms with Gasteiger partial charge in [0.2, 0.25) is 5.88 Å². The lowest BCUT2D eigenvalue weighted by Crippen LogP contribution is -2.49. The monoisotopic (exact) mass is 414 g/mol. The highest BCUT2D eigenvalue weighted by atomic mass is 16.5. The van der Waals surface area contributed by atoms with Crippen molar-refractivity contribution in [1.82, 2.24) is 29.5 Å². The van der Waals surface area contributed by atoms with Gasteiger partial charge >= 0.3 is 0 Å². The predicted octanol–water partition coefficient (Wildman–Crippen LogP) is 0.241. The number of carbonyl (C=O) groups excluding carboxylic acids is 1. The second-order valence-corrected chi connectivity index (χ2v) is 7.93. The molecule has 0 unspecified atom stereocenters. The summed E-state index contributed by atoms with van der Waals surface area (Å²) >= 11 is 0. The molecule has 2 saturated heterocycles. The van der Waals surface area contributed by atoms with Crippen molar-refractivity contribution >= 4 is 17.5 Å². The molecule has 0 aliphatic carbocycles. The molecule has 2 aromatic heterocycles. The molecule has 0 spiro atoms. The first-order valence-corrected chi connectivity index (χ1v) is 10.4. The summed E-state index contributed by atoms with van der Waals surface area (Å²) in [5, 5.41) is 4.19. The zero-order valence-electron chi connectivity index (χ0n) is 18.2. The standard InChI is InChI=1S/C20H30N8O2/c1-15-21-17(26-7-5-24(2)6-8-26)13-18(22-15)27-9-11-28(12-10-27)20(29)16-14-25(3)23-19(16)30-4/h13-14H,5-12H2,1-4H3. The van der Waals surface area contributed by atoms with Crippen LogP contribution >= 0.6 is 0 Å². The Hall–Kier alpha value is -2.88. The van der Waals surface area contributed by atoms with Crippen LogP contribution in [0.5, 0.6) is 5.88 Å². The Morgan fingerprint density at radius 2 is 1.50 bits per heavy atom. The molecule has 2 aliphatic heterocycles. The van der Waals surface area contributed by atoms with Gasteiger partial charge in [0, 0.05) is 71.7 Å². The molecular weight excluding hydrogens is 384 g/mol. The van der Waals surface area contributed by atoms with Crippen LogP contribution in [0, 0.1) is 6.92 Å². The molecule has 4 heterocycles. The van der Waals surface area contributed by atoms with E-state index >= 15 is 0 Å². The number of amides is 1. The van der Waals surface area contributed by atoms with Gasteiger partial charge in [-0.1, -0.05) is 0 Å². The number of aryl methyl sites for hydroxylation is 2. The van der Waals surface area contributed by atoms with Crippen molar-refractivity contribution in [1.29, 1.82) is 0 Å². The maximum absolute atomic E-state index is 12.9. The van der Waals surface area contributed by atoms with Crippen LogP contribution in [0.1, 0.15) is 16.2 Å². The average Bonchev–Trinajstić information content (AvgIpc) is 3.14. The van der Waals surface area contributed by atoms with E-state index in [9.17, 15) is 4.79 Å². The summed E-state index contributed by atoms with van der Waals surface area (Å²) < 4.78 is 6.85. The topological polar surface area (TPSA) is 82.9 Å². The number of likely N-dealkylation sites (N-methyl/N-ethyl adjacent to an activating group) is 1. The van der Waals surface area contributed by atoms with E-state index in [-0.39, 0.29) is 5.91 Å². The van der Waals surface area contributed by atoms with Gasteiger partial charge in [-0.3, -0.25) is 9.48 Å². The summed E-state index contributed by atoms with van der Waals surface area (Å²) in [4.78, 5) is 31.0. The normalized spacial score (nSPS) is 18.1. The van der Waals surface area contributed by atoms with Crippen LogP contribution in [0.15, 0.2) is 12.3 Å². The Bertz CT molecular complexity index is 898. The van der Waals surface area contributed by atoms with Crippen molar-refractivity contribution in [2.45, 2.75) is 6.92 Å². The van der Waals surface area contributed by atoms with Gasteiger partial charge in [-0.2, -0.15) is 0 Å². The zero-order valence-corrected chi connectivity index (χ0v) is 18.2. The van der Waals surface area contributed by atoms with E-state index in [0.29, 0.717) is 24.5 Å². The highest BCUT2D eigenvalue weighted by Crippen LogP contribution is 2.23. The minimum absolute atomic E-state index is 0.0448. The maximum atomic E-state index is 12.9. The van der Waals surface area contributed by atoms with Gasteiger partial charge in [0.15, 0.2) is 0 Å². The molecule has 10 heteroatoms. The average molecular weight is 415 g/mol. The molecule has 0 N–H and O–H groups in total. The van der Waals surface area contributed by atoms with Gasteiger partial charge in [0.05, 0.1) is 7.11 Å². The second kappa shape index (κ2) is 8.47. The Morgan fingerprint density at radius 3 is 2.07 bits per heavy atom. The largest absolute Gasteiger partial charge is 0.479 e. The minimum atomic E-state index is -0.0448. The second-order valence-electron chi connectivity index (χ2n) is 7.93. The highest BCUT2D eigenvalue weighted by Gasteiger charge is 2.27. The van der Waals surface area contributed by atoms with Gasteiger partial charge in [0.1, 0.15) is 23.0 Å². The smallest absolute Gasteiger partial charge is 0.261 e. The number of nitrogens with zero attached hydrogens (tertiary/aromatic N) is 8. The van der Waals surface area contributed by atoms with Crippen molar-refractivity contribution < 1.29 is 9.53 Å². The Labute approximate surface area is 177 Å².